The maximum atomic E-state index is 13.5. The molecule has 2 aromatic rings. The van der Waals surface area contributed by atoms with E-state index < -0.39 is 0 Å². The summed E-state index contributed by atoms with van der Waals surface area (Å²) in [5.74, 6) is 1.96. The molecule has 0 N–H and O–H groups in total. The van der Waals surface area contributed by atoms with E-state index in [-0.39, 0.29) is 5.91 Å². The van der Waals surface area contributed by atoms with Crippen LogP contribution in [0.15, 0.2) is 60.3 Å². The van der Waals surface area contributed by atoms with Crippen molar-refractivity contribution in [2.24, 2.45) is 0 Å². The molecule has 2 aromatic carbocycles. The van der Waals surface area contributed by atoms with Crippen molar-refractivity contribution < 1.29 is 19.0 Å². The molecular formula is C26H30N2O4. The lowest BCUT2D eigenvalue weighted by molar-refractivity contribution is -0.113. The number of likely N-dealkylation sites (N-methyl/N-ethyl adjacent to an activating group) is 1. The summed E-state index contributed by atoms with van der Waals surface area (Å²) < 4.78 is 16.0. The highest BCUT2D eigenvalue weighted by atomic mass is 16.5. The quantitative estimate of drug-likeness (QED) is 0.600. The van der Waals surface area contributed by atoms with Crippen molar-refractivity contribution in [3.05, 3.63) is 65.9 Å². The Labute approximate surface area is 189 Å². The number of fused-ring (bicyclic) bond motifs is 2. The molecule has 4 rings (SSSR count). The number of benzene rings is 2. The van der Waals surface area contributed by atoms with Crippen molar-refractivity contribution in [3.63, 3.8) is 0 Å². The number of carbonyl (C=O) groups excluding carboxylic acids is 1. The molecule has 6 heteroatoms. The Bertz CT molecular complexity index is 1030. The average molecular weight is 435 g/mol. The van der Waals surface area contributed by atoms with Crippen LogP contribution >= 0.6 is 0 Å². The zero-order valence-electron chi connectivity index (χ0n) is 19.1. The standard InChI is InChI=1S/C26H30N2O4/c1-27-20-7-8-21(27)17-22(16-20)28(19-9-11-23(30-2)12-10-19)26(29)14-6-18-5-13-24(31-3)25(15-18)32-4/h5-6,9-16,20-21H,7-8,17H2,1-4H3/b14-6+. The van der Waals surface area contributed by atoms with Crippen LogP contribution in [0, 0.1) is 0 Å². The second-order valence-corrected chi connectivity index (χ2v) is 8.15. The van der Waals surface area contributed by atoms with Crippen LogP contribution in [-0.2, 0) is 4.79 Å². The zero-order chi connectivity index (χ0) is 22.7. The fraction of sp³-hybridized carbons (Fsp3) is 0.346. The van der Waals surface area contributed by atoms with Crippen LogP contribution in [0.3, 0.4) is 0 Å². The van der Waals surface area contributed by atoms with Crippen molar-refractivity contribution >= 4 is 17.7 Å². The number of carbonyl (C=O) groups is 1. The SMILES string of the molecule is COc1ccc(N(C(=O)/C=C/c2ccc(OC)c(OC)c2)C2=CC3CCC(C2)N3C)cc1. The van der Waals surface area contributed by atoms with E-state index in [1.54, 1.807) is 27.4 Å². The van der Waals surface area contributed by atoms with Crippen molar-refractivity contribution in [1.82, 2.24) is 4.90 Å². The Morgan fingerprint density at radius 2 is 1.75 bits per heavy atom. The Balaban J connectivity index is 1.64. The topological polar surface area (TPSA) is 51.2 Å². The number of ether oxygens (including phenoxy) is 3. The summed E-state index contributed by atoms with van der Waals surface area (Å²) in [6.45, 7) is 0. The summed E-state index contributed by atoms with van der Waals surface area (Å²) >= 11 is 0. The van der Waals surface area contributed by atoms with Crippen LogP contribution in [-0.4, -0.2) is 51.3 Å². The maximum absolute atomic E-state index is 13.5. The molecule has 2 heterocycles. The van der Waals surface area contributed by atoms with Crippen molar-refractivity contribution in [1.29, 1.82) is 0 Å². The minimum absolute atomic E-state index is 0.0832. The van der Waals surface area contributed by atoms with Gasteiger partial charge in [-0.1, -0.05) is 6.07 Å². The van der Waals surface area contributed by atoms with Crippen LogP contribution < -0.4 is 19.1 Å². The van der Waals surface area contributed by atoms with Crippen LogP contribution in [0.1, 0.15) is 24.8 Å². The summed E-state index contributed by atoms with van der Waals surface area (Å²) in [6.07, 6.45) is 8.83. The largest absolute Gasteiger partial charge is 0.497 e. The van der Waals surface area contributed by atoms with Gasteiger partial charge in [0.15, 0.2) is 11.5 Å². The van der Waals surface area contributed by atoms with E-state index in [9.17, 15) is 4.79 Å². The van der Waals surface area contributed by atoms with Crippen molar-refractivity contribution in [2.45, 2.75) is 31.3 Å². The summed E-state index contributed by atoms with van der Waals surface area (Å²) in [5.41, 5.74) is 2.76. The van der Waals surface area contributed by atoms with Crippen LogP contribution in [0.2, 0.25) is 0 Å². The second kappa shape index (κ2) is 9.49. The van der Waals surface area contributed by atoms with E-state index in [2.05, 4.69) is 18.0 Å². The molecule has 168 valence electrons. The monoisotopic (exact) mass is 434 g/mol. The van der Waals surface area contributed by atoms with E-state index in [1.807, 2.05) is 53.4 Å². The van der Waals surface area contributed by atoms with Gasteiger partial charge in [0.2, 0.25) is 0 Å². The summed E-state index contributed by atoms with van der Waals surface area (Å²) in [6, 6.07) is 14.1. The summed E-state index contributed by atoms with van der Waals surface area (Å²) in [4.78, 5) is 17.7. The molecule has 2 aliphatic heterocycles. The number of hydrogen-bond acceptors (Lipinski definition) is 5. The van der Waals surface area contributed by atoms with Gasteiger partial charge >= 0.3 is 0 Å². The number of methoxy groups -OCH3 is 3. The zero-order valence-corrected chi connectivity index (χ0v) is 19.1. The predicted molar refractivity (Wildman–Crippen MR) is 126 cm³/mol. The van der Waals surface area contributed by atoms with Crippen molar-refractivity contribution in [2.75, 3.05) is 33.3 Å². The van der Waals surface area contributed by atoms with Gasteiger partial charge in [-0.05, 0) is 74.0 Å². The van der Waals surface area contributed by atoms with Gasteiger partial charge in [-0.3, -0.25) is 14.6 Å². The van der Waals surface area contributed by atoms with E-state index >= 15 is 0 Å². The normalized spacial score (nSPS) is 20.2. The first kappa shape index (κ1) is 22.0. The number of nitrogens with zero attached hydrogens (tertiary/aromatic N) is 2. The second-order valence-electron chi connectivity index (χ2n) is 8.15. The summed E-state index contributed by atoms with van der Waals surface area (Å²) in [5, 5.41) is 0. The molecular weight excluding hydrogens is 404 g/mol. The molecule has 0 aromatic heterocycles. The highest BCUT2D eigenvalue weighted by Crippen LogP contribution is 2.37. The molecule has 6 nitrogen and oxygen atoms in total. The van der Waals surface area contributed by atoms with E-state index in [4.69, 9.17) is 14.2 Å². The third-order valence-electron chi connectivity index (χ3n) is 6.39. The first-order valence-electron chi connectivity index (χ1n) is 10.8. The lowest BCUT2D eigenvalue weighted by Gasteiger charge is -2.35. The van der Waals surface area contributed by atoms with E-state index in [0.717, 1.165) is 42.0 Å². The molecule has 1 saturated heterocycles. The van der Waals surface area contributed by atoms with Crippen molar-refractivity contribution in [3.8, 4) is 17.2 Å². The smallest absolute Gasteiger partial charge is 0.255 e. The number of rotatable bonds is 7. The minimum atomic E-state index is -0.0832. The third-order valence-corrected chi connectivity index (χ3v) is 6.39. The van der Waals surface area contributed by atoms with E-state index in [0.29, 0.717) is 23.6 Å². The average Bonchev–Trinajstić information content (AvgIpc) is 3.02. The Kier molecular flexibility index (Phi) is 6.51. The van der Waals surface area contributed by atoms with Gasteiger partial charge in [0.1, 0.15) is 5.75 Å². The Morgan fingerprint density at radius 3 is 2.41 bits per heavy atom. The molecule has 1 fully saturated rings. The van der Waals surface area contributed by atoms with Gasteiger partial charge in [0.05, 0.1) is 21.3 Å². The Hall–Kier alpha value is -3.25. The van der Waals surface area contributed by atoms with Gasteiger partial charge in [-0.25, -0.2) is 0 Å². The van der Waals surface area contributed by atoms with Gasteiger partial charge in [0.25, 0.3) is 5.91 Å². The van der Waals surface area contributed by atoms with E-state index in [1.165, 1.54) is 0 Å². The van der Waals surface area contributed by atoms with Gasteiger partial charge < -0.3 is 14.2 Å². The number of anilines is 1. The van der Waals surface area contributed by atoms with Gasteiger partial charge in [-0.15, -0.1) is 0 Å². The van der Waals surface area contributed by atoms with Crippen LogP contribution in [0.25, 0.3) is 6.08 Å². The molecule has 0 aliphatic carbocycles. The highest BCUT2D eigenvalue weighted by molar-refractivity contribution is 6.06. The Morgan fingerprint density at radius 1 is 1.00 bits per heavy atom. The number of amides is 1. The molecule has 1 amide bonds. The first-order valence-corrected chi connectivity index (χ1v) is 10.8. The molecule has 2 aliphatic rings. The lowest BCUT2D eigenvalue weighted by atomic mass is 10.0. The maximum Gasteiger partial charge on any atom is 0.255 e. The molecule has 2 unspecified atom stereocenters. The fourth-order valence-electron chi connectivity index (χ4n) is 4.55. The predicted octanol–water partition coefficient (Wildman–Crippen LogP) is 4.51. The van der Waals surface area contributed by atoms with Gasteiger partial charge in [0, 0.05) is 36.0 Å². The lowest BCUT2D eigenvalue weighted by Crippen LogP contribution is -2.40. The first-order chi connectivity index (χ1) is 15.5. The van der Waals surface area contributed by atoms with Crippen LogP contribution in [0.5, 0.6) is 17.2 Å². The minimum Gasteiger partial charge on any atom is -0.497 e. The van der Waals surface area contributed by atoms with Gasteiger partial charge in [-0.2, -0.15) is 0 Å². The highest BCUT2D eigenvalue weighted by Gasteiger charge is 2.36. The molecule has 0 spiro atoms. The fourth-order valence-corrected chi connectivity index (χ4v) is 4.55. The molecule has 0 radical (unpaired) electrons. The third kappa shape index (κ3) is 4.36. The summed E-state index contributed by atoms with van der Waals surface area (Å²) in [7, 11) is 7.02. The molecule has 2 bridgehead atoms. The molecule has 0 saturated carbocycles. The van der Waals surface area contributed by atoms with Crippen LogP contribution in [0.4, 0.5) is 5.69 Å². The molecule has 32 heavy (non-hydrogen) atoms. The number of hydrogen-bond donors (Lipinski definition) is 0. The molecule has 2 atom stereocenters.